The number of fused-ring (bicyclic) bond motifs is 1. The number of nitrogens with one attached hydrogen (secondary N) is 1. The fourth-order valence-corrected chi connectivity index (χ4v) is 1.15. The van der Waals surface area contributed by atoms with Gasteiger partial charge in [0.05, 0.1) is 17.6 Å². The van der Waals surface area contributed by atoms with E-state index in [1.165, 1.54) is 0 Å². The Labute approximate surface area is 93.3 Å². The Morgan fingerprint density at radius 1 is 1.36 bits per heavy atom. The number of halogens is 2. The van der Waals surface area contributed by atoms with Gasteiger partial charge in [0.15, 0.2) is 0 Å². The van der Waals surface area contributed by atoms with E-state index in [4.69, 9.17) is 10.8 Å². The molecular weight excluding hydrogens is 225 g/mol. The third kappa shape index (κ3) is 2.29. The van der Waals surface area contributed by atoms with E-state index in [-0.39, 0.29) is 30.6 Å². The number of hydrogen-bond acceptors (Lipinski definition) is 3. The zero-order valence-corrected chi connectivity index (χ0v) is 8.86. The zero-order chi connectivity index (χ0) is 8.55. The molecule has 0 aliphatic heterocycles. The third-order valence-corrected chi connectivity index (χ3v) is 1.71. The van der Waals surface area contributed by atoms with Gasteiger partial charge in [0.1, 0.15) is 11.6 Å². The highest BCUT2D eigenvalue weighted by molar-refractivity contribution is 5.85. The van der Waals surface area contributed by atoms with Crippen molar-refractivity contribution in [3.8, 4) is 5.75 Å². The van der Waals surface area contributed by atoms with Gasteiger partial charge >= 0.3 is 0 Å². The molecular formula is C8H11Cl2N3O. The van der Waals surface area contributed by atoms with Crippen LogP contribution >= 0.6 is 24.8 Å². The highest BCUT2D eigenvalue weighted by atomic mass is 35.5. The fourth-order valence-electron chi connectivity index (χ4n) is 1.15. The monoisotopic (exact) mass is 235 g/mol. The van der Waals surface area contributed by atoms with Crippen LogP contribution in [0.5, 0.6) is 5.75 Å². The smallest absolute Gasteiger partial charge is 0.121 e. The number of phenolic OH excluding ortho intramolecular Hbond substituents is 1. The van der Waals surface area contributed by atoms with Crippen LogP contribution in [-0.4, -0.2) is 15.1 Å². The number of aromatic amines is 1. The number of benzene rings is 1. The average molecular weight is 236 g/mol. The Hall–Kier alpha value is -0.970. The number of rotatable bonds is 1. The van der Waals surface area contributed by atoms with Crippen molar-refractivity contribution >= 4 is 35.8 Å². The van der Waals surface area contributed by atoms with Crippen molar-refractivity contribution in [3.63, 3.8) is 0 Å². The van der Waals surface area contributed by atoms with Gasteiger partial charge in [-0.1, -0.05) is 0 Å². The number of H-pyrrole nitrogens is 1. The molecule has 0 fully saturated rings. The van der Waals surface area contributed by atoms with Crippen LogP contribution in [0.15, 0.2) is 18.2 Å². The molecule has 0 unspecified atom stereocenters. The van der Waals surface area contributed by atoms with Gasteiger partial charge in [-0.15, -0.1) is 24.8 Å². The van der Waals surface area contributed by atoms with E-state index in [1.54, 1.807) is 18.2 Å². The van der Waals surface area contributed by atoms with Crippen LogP contribution in [0.2, 0.25) is 0 Å². The van der Waals surface area contributed by atoms with Gasteiger partial charge in [0.2, 0.25) is 0 Å². The Bertz CT molecular complexity index is 416. The molecule has 0 saturated carbocycles. The van der Waals surface area contributed by atoms with Gasteiger partial charge in [-0.25, -0.2) is 4.98 Å². The second-order valence-corrected chi connectivity index (χ2v) is 2.59. The lowest BCUT2D eigenvalue weighted by Crippen LogP contribution is -1.97. The number of aromatic nitrogens is 2. The molecule has 78 valence electrons. The largest absolute Gasteiger partial charge is 0.508 e. The summed E-state index contributed by atoms with van der Waals surface area (Å²) in [6.45, 7) is 0.384. The second-order valence-electron chi connectivity index (χ2n) is 2.59. The molecule has 1 aromatic carbocycles. The van der Waals surface area contributed by atoms with Gasteiger partial charge in [-0.05, 0) is 12.1 Å². The minimum atomic E-state index is 0. The molecule has 0 aliphatic carbocycles. The average Bonchev–Trinajstić information content (AvgIpc) is 2.46. The maximum atomic E-state index is 9.13. The Kier molecular flexibility index (Phi) is 4.70. The maximum absolute atomic E-state index is 9.13. The van der Waals surface area contributed by atoms with E-state index in [1.807, 2.05) is 0 Å². The van der Waals surface area contributed by atoms with E-state index < -0.39 is 0 Å². The SMILES string of the molecule is Cl.Cl.NCc1nc2ccc(O)cc2[nH]1. The summed E-state index contributed by atoms with van der Waals surface area (Å²) in [6.07, 6.45) is 0. The molecule has 1 aromatic heterocycles. The molecule has 14 heavy (non-hydrogen) atoms. The Morgan fingerprint density at radius 3 is 2.71 bits per heavy atom. The molecule has 1 heterocycles. The molecule has 0 bridgehead atoms. The number of imidazole rings is 1. The van der Waals surface area contributed by atoms with E-state index in [2.05, 4.69) is 9.97 Å². The Morgan fingerprint density at radius 2 is 2.07 bits per heavy atom. The number of hydrogen-bond donors (Lipinski definition) is 3. The number of phenols is 1. The van der Waals surface area contributed by atoms with Gasteiger partial charge in [0, 0.05) is 6.07 Å². The van der Waals surface area contributed by atoms with Crippen LogP contribution in [0.4, 0.5) is 0 Å². The summed E-state index contributed by atoms with van der Waals surface area (Å²) in [4.78, 5) is 7.17. The summed E-state index contributed by atoms with van der Waals surface area (Å²) in [7, 11) is 0. The summed E-state index contributed by atoms with van der Waals surface area (Å²) >= 11 is 0. The first-order chi connectivity index (χ1) is 5.79. The first kappa shape index (κ1) is 13.0. The summed E-state index contributed by atoms with van der Waals surface area (Å²) in [5.41, 5.74) is 7.04. The van der Waals surface area contributed by atoms with Crippen LogP contribution in [0.25, 0.3) is 11.0 Å². The second kappa shape index (κ2) is 5.05. The summed E-state index contributed by atoms with van der Waals surface area (Å²) in [5.74, 6) is 0.963. The normalized spacial score (nSPS) is 9.21. The molecule has 4 N–H and O–H groups in total. The highest BCUT2D eigenvalue weighted by Gasteiger charge is 2.00. The minimum absolute atomic E-state index is 0. The molecule has 0 aliphatic rings. The van der Waals surface area contributed by atoms with Crippen molar-refractivity contribution in [1.29, 1.82) is 0 Å². The number of aromatic hydroxyl groups is 1. The number of nitrogens with zero attached hydrogens (tertiary/aromatic N) is 1. The highest BCUT2D eigenvalue weighted by Crippen LogP contribution is 2.17. The molecule has 0 saturated heterocycles. The lowest BCUT2D eigenvalue weighted by molar-refractivity contribution is 0.476. The van der Waals surface area contributed by atoms with Crippen LogP contribution in [0, 0.1) is 0 Å². The molecule has 2 rings (SSSR count). The predicted octanol–water partition coefficient (Wildman–Crippen LogP) is 1.57. The predicted molar refractivity (Wildman–Crippen MR) is 60.1 cm³/mol. The van der Waals surface area contributed by atoms with E-state index >= 15 is 0 Å². The maximum Gasteiger partial charge on any atom is 0.121 e. The van der Waals surface area contributed by atoms with Crippen LogP contribution in [-0.2, 0) is 6.54 Å². The lowest BCUT2D eigenvalue weighted by atomic mass is 10.3. The summed E-state index contributed by atoms with van der Waals surface area (Å²) in [6, 6.07) is 4.98. The van der Waals surface area contributed by atoms with E-state index in [9.17, 15) is 0 Å². The fraction of sp³-hybridized carbons (Fsp3) is 0.125. The number of nitrogens with two attached hydrogens (primary N) is 1. The topological polar surface area (TPSA) is 74.9 Å². The summed E-state index contributed by atoms with van der Waals surface area (Å²) in [5, 5.41) is 9.13. The molecule has 2 aromatic rings. The van der Waals surface area contributed by atoms with Crippen molar-refractivity contribution in [2.75, 3.05) is 0 Å². The quantitative estimate of drug-likeness (QED) is 0.703. The van der Waals surface area contributed by atoms with Crippen molar-refractivity contribution < 1.29 is 5.11 Å². The molecule has 4 nitrogen and oxygen atoms in total. The first-order valence-electron chi connectivity index (χ1n) is 3.67. The van der Waals surface area contributed by atoms with Crippen molar-refractivity contribution in [2.24, 2.45) is 5.73 Å². The van der Waals surface area contributed by atoms with Crippen LogP contribution in [0.3, 0.4) is 0 Å². The van der Waals surface area contributed by atoms with Crippen LogP contribution < -0.4 is 5.73 Å². The molecule has 0 radical (unpaired) electrons. The van der Waals surface area contributed by atoms with Crippen molar-refractivity contribution in [2.45, 2.75) is 6.54 Å². The van der Waals surface area contributed by atoms with Gasteiger partial charge in [0.25, 0.3) is 0 Å². The first-order valence-corrected chi connectivity index (χ1v) is 3.67. The minimum Gasteiger partial charge on any atom is -0.508 e. The van der Waals surface area contributed by atoms with Crippen molar-refractivity contribution in [3.05, 3.63) is 24.0 Å². The molecule has 0 atom stereocenters. The van der Waals surface area contributed by atoms with Gasteiger partial charge in [-0.2, -0.15) is 0 Å². The van der Waals surface area contributed by atoms with Gasteiger partial charge < -0.3 is 15.8 Å². The lowest BCUT2D eigenvalue weighted by Gasteiger charge is -1.88. The van der Waals surface area contributed by atoms with Crippen LogP contribution in [0.1, 0.15) is 5.82 Å². The third-order valence-electron chi connectivity index (χ3n) is 1.71. The molecule has 0 spiro atoms. The summed E-state index contributed by atoms with van der Waals surface area (Å²) < 4.78 is 0. The zero-order valence-electron chi connectivity index (χ0n) is 7.23. The molecule has 6 heteroatoms. The standard InChI is InChI=1S/C8H9N3O.2ClH/c9-4-8-10-6-2-1-5(12)3-7(6)11-8;;/h1-3,12H,4,9H2,(H,10,11);2*1H. The van der Waals surface area contributed by atoms with Gasteiger partial charge in [-0.3, -0.25) is 0 Å². The molecule has 0 amide bonds. The Balaban J connectivity index is 0.000000845. The van der Waals surface area contributed by atoms with E-state index in [0.29, 0.717) is 6.54 Å². The van der Waals surface area contributed by atoms with Crippen molar-refractivity contribution in [1.82, 2.24) is 9.97 Å². The van der Waals surface area contributed by atoms with E-state index in [0.717, 1.165) is 16.9 Å².